The van der Waals surface area contributed by atoms with Crippen LogP contribution < -0.4 is 10.6 Å². The van der Waals surface area contributed by atoms with Crippen molar-refractivity contribution >= 4 is 22.8 Å². The second-order valence-electron chi connectivity index (χ2n) is 6.82. The van der Waals surface area contributed by atoms with Crippen LogP contribution in [0.5, 0.6) is 0 Å². The van der Waals surface area contributed by atoms with Crippen molar-refractivity contribution in [3.8, 4) is 11.3 Å². The molecule has 2 N–H and O–H groups in total. The van der Waals surface area contributed by atoms with Crippen LogP contribution in [0.4, 0.5) is 15.0 Å². The van der Waals surface area contributed by atoms with Gasteiger partial charge in [-0.05, 0) is 37.7 Å². The lowest BCUT2D eigenvalue weighted by atomic mass is 10.0. The molecule has 2 atom stereocenters. The highest BCUT2D eigenvalue weighted by Gasteiger charge is 2.30. The summed E-state index contributed by atoms with van der Waals surface area (Å²) in [7, 11) is 1.73. The molecular weight excluding hydrogens is 363 g/mol. The number of alkyl halides is 1. The number of piperidine rings is 1. The van der Waals surface area contributed by atoms with Crippen molar-refractivity contribution in [2.75, 3.05) is 25.5 Å². The number of rotatable bonds is 3. The molecule has 0 aliphatic carbocycles. The predicted molar refractivity (Wildman–Crippen MR) is 103 cm³/mol. The Balaban J connectivity index is 1.51. The summed E-state index contributed by atoms with van der Waals surface area (Å²) in [6.45, 7) is 2.31. The van der Waals surface area contributed by atoms with Crippen LogP contribution in [-0.4, -0.2) is 58.5 Å². The molecule has 28 heavy (non-hydrogen) atoms. The van der Waals surface area contributed by atoms with Gasteiger partial charge in [-0.25, -0.2) is 14.2 Å². The topological polar surface area (TPSA) is 96.2 Å². The van der Waals surface area contributed by atoms with E-state index in [1.54, 1.807) is 26.2 Å². The first kappa shape index (κ1) is 18.3. The lowest BCUT2D eigenvalue weighted by Gasteiger charge is -2.34. The fourth-order valence-electron chi connectivity index (χ4n) is 3.36. The Labute approximate surface area is 161 Å². The lowest BCUT2D eigenvalue weighted by molar-refractivity contribution is 0.126. The summed E-state index contributed by atoms with van der Waals surface area (Å²) < 4.78 is 19.6. The minimum absolute atomic E-state index is 0.0490. The van der Waals surface area contributed by atoms with Gasteiger partial charge in [0.15, 0.2) is 17.5 Å². The SMILES string of the molecule is CN[C@@H]1CCN(C(=O)Nc2cc3cc(-c4cnc(C)o4)ccc3nn2)C[C@H]1F. The van der Waals surface area contributed by atoms with Crippen LogP contribution >= 0.6 is 0 Å². The highest BCUT2D eigenvalue weighted by atomic mass is 19.1. The molecule has 3 aromatic rings. The number of urea groups is 1. The molecule has 0 unspecified atom stereocenters. The summed E-state index contributed by atoms with van der Waals surface area (Å²) in [5.41, 5.74) is 1.55. The van der Waals surface area contributed by atoms with Crippen LogP contribution in [0.1, 0.15) is 12.3 Å². The van der Waals surface area contributed by atoms with E-state index in [-0.39, 0.29) is 18.6 Å². The second kappa shape index (κ2) is 7.51. The molecule has 3 heterocycles. The molecule has 8 nitrogen and oxygen atoms in total. The van der Waals surface area contributed by atoms with E-state index in [2.05, 4.69) is 25.8 Å². The first-order chi connectivity index (χ1) is 13.5. The molecule has 2 amide bonds. The van der Waals surface area contributed by atoms with E-state index in [4.69, 9.17) is 4.42 Å². The number of carbonyl (C=O) groups excluding carboxylic acids is 1. The quantitative estimate of drug-likeness (QED) is 0.721. The van der Waals surface area contributed by atoms with Gasteiger partial charge in [0.2, 0.25) is 0 Å². The van der Waals surface area contributed by atoms with Crippen molar-refractivity contribution in [3.05, 3.63) is 36.4 Å². The van der Waals surface area contributed by atoms with E-state index in [0.717, 1.165) is 10.9 Å². The predicted octanol–water partition coefficient (Wildman–Crippen LogP) is 2.76. The van der Waals surface area contributed by atoms with E-state index in [1.165, 1.54) is 4.90 Å². The van der Waals surface area contributed by atoms with Gasteiger partial charge in [-0.15, -0.1) is 10.2 Å². The van der Waals surface area contributed by atoms with Crippen molar-refractivity contribution < 1.29 is 13.6 Å². The molecule has 0 spiro atoms. The summed E-state index contributed by atoms with van der Waals surface area (Å²) >= 11 is 0. The van der Waals surface area contributed by atoms with Gasteiger partial charge in [-0.1, -0.05) is 0 Å². The number of hydrogen-bond donors (Lipinski definition) is 2. The Bertz CT molecular complexity index is 1010. The molecule has 0 saturated carbocycles. The minimum atomic E-state index is -1.10. The number of halogens is 1. The number of anilines is 1. The highest BCUT2D eigenvalue weighted by Crippen LogP contribution is 2.25. The van der Waals surface area contributed by atoms with Gasteiger partial charge in [0.25, 0.3) is 0 Å². The first-order valence-corrected chi connectivity index (χ1v) is 9.11. The van der Waals surface area contributed by atoms with E-state index >= 15 is 0 Å². The number of benzene rings is 1. The van der Waals surface area contributed by atoms with Crippen molar-refractivity contribution in [1.29, 1.82) is 0 Å². The number of aryl methyl sites for hydroxylation is 1. The van der Waals surface area contributed by atoms with E-state index < -0.39 is 6.17 Å². The van der Waals surface area contributed by atoms with Crippen molar-refractivity contribution in [3.63, 3.8) is 0 Å². The Morgan fingerprint density at radius 3 is 2.89 bits per heavy atom. The smallest absolute Gasteiger partial charge is 0.323 e. The van der Waals surface area contributed by atoms with Gasteiger partial charge in [0, 0.05) is 30.5 Å². The molecule has 0 radical (unpaired) electrons. The molecule has 4 rings (SSSR count). The third-order valence-corrected chi connectivity index (χ3v) is 4.93. The molecule has 1 fully saturated rings. The molecule has 2 aromatic heterocycles. The number of nitrogens with one attached hydrogen (secondary N) is 2. The molecule has 1 aliphatic heterocycles. The van der Waals surface area contributed by atoms with Gasteiger partial charge < -0.3 is 14.6 Å². The van der Waals surface area contributed by atoms with Crippen molar-refractivity contribution in [2.45, 2.75) is 25.6 Å². The summed E-state index contributed by atoms with van der Waals surface area (Å²) in [6, 6.07) is 6.74. The zero-order valence-corrected chi connectivity index (χ0v) is 15.6. The zero-order chi connectivity index (χ0) is 19.7. The number of fused-ring (bicyclic) bond motifs is 1. The third-order valence-electron chi connectivity index (χ3n) is 4.93. The first-order valence-electron chi connectivity index (χ1n) is 9.11. The van der Waals surface area contributed by atoms with Crippen molar-refractivity contribution in [2.24, 2.45) is 0 Å². The van der Waals surface area contributed by atoms with Gasteiger partial charge in [-0.2, -0.15) is 0 Å². The third kappa shape index (κ3) is 3.65. The highest BCUT2D eigenvalue weighted by molar-refractivity contribution is 5.91. The van der Waals surface area contributed by atoms with E-state index in [1.807, 2.05) is 18.2 Å². The fraction of sp³-hybridized carbons (Fsp3) is 0.368. The summed E-state index contributed by atoms with van der Waals surface area (Å²) in [4.78, 5) is 18.0. The number of aromatic nitrogens is 3. The normalized spacial score (nSPS) is 19.8. The molecular formula is C19H21FN6O2. The molecule has 9 heteroatoms. The van der Waals surface area contributed by atoms with Gasteiger partial charge in [0.1, 0.15) is 6.17 Å². The lowest BCUT2D eigenvalue weighted by Crippen LogP contribution is -2.52. The maximum Gasteiger partial charge on any atom is 0.323 e. The minimum Gasteiger partial charge on any atom is -0.441 e. The monoisotopic (exact) mass is 384 g/mol. The second-order valence-corrected chi connectivity index (χ2v) is 6.82. The Morgan fingerprint density at radius 2 is 2.18 bits per heavy atom. The maximum atomic E-state index is 14.1. The largest absolute Gasteiger partial charge is 0.441 e. The van der Waals surface area contributed by atoms with Gasteiger partial charge in [0.05, 0.1) is 18.3 Å². The molecule has 0 bridgehead atoms. The maximum absolute atomic E-state index is 14.1. The molecule has 1 aromatic carbocycles. The number of amides is 2. The molecule has 1 saturated heterocycles. The standard InChI is InChI=1S/C19H21FN6O2/c1-11-22-9-17(28-11)12-3-4-15-13(7-12)8-18(25-24-15)23-19(27)26-6-5-16(21-2)14(20)10-26/h3-4,7-9,14,16,21H,5-6,10H2,1-2H3,(H,23,25,27)/t14-,16-/m1/s1. The summed E-state index contributed by atoms with van der Waals surface area (Å²) in [6.07, 6.45) is 1.13. The molecule has 146 valence electrons. The van der Waals surface area contributed by atoms with Gasteiger partial charge in [-0.3, -0.25) is 5.32 Å². The van der Waals surface area contributed by atoms with Crippen LogP contribution in [0, 0.1) is 6.92 Å². The molecule has 1 aliphatic rings. The number of carbonyl (C=O) groups is 1. The Morgan fingerprint density at radius 1 is 1.32 bits per heavy atom. The van der Waals surface area contributed by atoms with Crippen LogP contribution in [0.2, 0.25) is 0 Å². The van der Waals surface area contributed by atoms with Crippen LogP contribution in [0.3, 0.4) is 0 Å². The van der Waals surface area contributed by atoms with Gasteiger partial charge >= 0.3 is 6.03 Å². The Kier molecular flexibility index (Phi) is 4.91. The number of hydrogen-bond acceptors (Lipinski definition) is 6. The average molecular weight is 384 g/mol. The fourth-order valence-corrected chi connectivity index (χ4v) is 3.36. The van der Waals surface area contributed by atoms with Crippen molar-refractivity contribution in [1.82, 2.24) is 25.4 Å². The number of likely N-dealkylation sites (tertiary alicyclic amines) is 1. The van der Waals surface area contributed by atoms with E-state index in [0.29, 0.717) is 36.0 Å². The summed E-state index contributed by atoms with van der Waals surface area (Å²) in [5, 5.41) is 14.6. The van der Waals surface area contributed by atoms with Crippen LogP contribution in [-0.2, 0) is 0 Å². The van der Waals surface area contributed by atoms with E-state index in [9.17, 15) is 9.18 Å². The zero-order valence-electron chi connectivity index (χ0n) is 15.6. The van der Waals surface area contributed by atoms with Crippen LogP contribution in [0.15, 0.2) is 34.9 Å². The van der Waals surface area contributed by atoms with Crippen LogP contribution in [0.25, 0.3) is 22.2 Å². The Hall–Kier alpha value is -3.07. The average Bonchev–Trinajstić information content (AvgIpc) is 3.13. The number of oxazole rings is 1. The number of nitrogens with zero attached hydrogens (tertiary/aromatic N) is 4. The summed E-state index contributed by atoms with van der Waals surface area (Å²) in [5.74, 6) is 1.56.